The van der Waals surface area contributed by atoms with Crippen molar-refractivity contribution >= 4 is 0 Å². The maximum atomic E-state index is 10.8. The van der Waals surface area contributed by atoms with Crippen molar-refractivity contribution in [1.82, 2.24) is 0 Å². The van der Waals surface area contributed by atoms with Gasteiger partial charge in [-0.2, -0.15) is 0 Å². The summed E-state index contributed by atoms with van der Waals surface area (Å²) < 4.78 is 0. The molecular weight excluding hydrogens is 484 g/mol. The molecule has 40 heavy (non-hydrogen) atoms. The molecule has 5 aromatic carbocycles. The quantitative estimate of drug-likeness (QED) is 0.250. The van der Waals surface area contributed by atoms with Gasteiger partial charge in [-0.3, -0.25) is 0 Å². The van der Waals surface area contributed by atoms with Crippen LogP contribution in [0.4, 0.5) is 0 Å². The fourth-order valence-electron chi connectivity index (χ4n) is 8.29. The van der Waals surface area contributed by atoms with E-state index in [0.29, 0.717) is 5.75 Å². The van der Waals surface area contributed by atoms with Gasteiger partial charge in [0.15, 0.2) is 0 Å². The molecule has 1 heteroatoms. The van der Waals surface area contributed by atoms with Gasteiger partial charge in [0, 0.05) is 0 Å². The van der Waals surface area contributed by atoms with Crippen LogP contribution in [0.5, 0.6) is 5.75 Å². The highest BCUT2D eigenvalue weighted by atomic mass is 16.3. The molecule has 0 heterocycles. The average Bonchev–Trinajstić information content (AvgIpc) is 3.46. The Morgan fingerprint density at radius 3 is 1.40 bits per heavy atom. The van der Waals surface area contributed by atoms with Crippen LogP contribution in [0.3, 0.4) is 0 Å². The molecule has 0 fully saturated rings. The van der Waals surface area contributed by atoms with Gasteiger partial charge in [0.1, 0.15) is 5.75 Å². The standard InChI is InChI=1S/C39H28O/c1-4-28-29(5-2)39(32-19-11-8-16-27(32)37-24(3)36(40)23-22-35(37)39)34-21-13-12-20-33(34)38(28)30-17-9-6-14-25(30)26-15-7-10-18-31(26)38/h4-23,40H,1-2H2,3H3. The minimum absolute atomic E-state index is 0.317. The molecule has 1 unspecified atom stereocenters. The third-order valence-corrected chi connectivity index (χ3v) is 9.63. The highest BCUT2D eigenvalue weighted by Crippen LogP contribution is 2.68. The number of phenolic OH excluding ortho intramolecular Hbond substituents is 1. The second kappa shape index (κ2) is 7.83. The van der Waals surface area contributed by atoms with Crippen molar-refractivity contribution in [3.8, 4) is 28.0 Å². The van der Waals surface area contributed by atoms with Crippen molar-refractivity contribution in [1.29, 1.82) is 0 Å². The van der Waals surface area contributed by atoms with Crippen LogP contribution < -0.4 is 0 Å². The number of hydrogen-bond donors (Lipinski definition) is 1. The topological polar surface area (TPSA) is 20.2 Å². The summed E-state index contributed by atoms with van der Waals surface area (Å²) in [5.41, 5.74) is 14.4. The van der Waals surface area contributed by atoms with Gasteiger partial charge in [0.25, 0.3) is 0 Å². The van der Waals surface area contributed by atoms with Gasteiger partial charge in [-0.05, 0) is 85.3 Å². The van der Waals surface area contributed by atoms with Crippen molar-refractivity contribution in [2.24, 2.45) is 0 Å². The van der Waals surface area contributed by atoms with E-state index >= 15 is 0 Å². The molecule has 2 spiro atoms. The Bertz CT molecular complexity index is 1920. The monoisotopic (exact) mass is 512 g/mol. The number of fused-ring (bicyclic) bond motifs is 13. The molecule has 190 valence electrons. The van der Waals surface area contributed by atoms with E-state index in [1.165, 1.54) is 44.5 Å². The predicted molar refractivity (Wildman–Crippen MR) is 164 cm³/mol. The van der Waals surface area contributed by atoms with Gasteiger partial charge in [-0.15, -0.1) is 0 Å². The molecule has 3 aliphatic carbocycles. The molecule has 5 aromatic rings. The second-order valence-corrected chi connectivity index (χ2v) is 11.1. The van der Waals surface area contributed by atoms with Crippen LogP contribution in [0.1, 0.15) is 38.9 Å². The Balaban J connectivity index is 1.64. The van der Waals surface area contributed by atoms with Gasteiger partial charge in [0.05, 0.1) is 10.8 Å². The van der Waals surface area contributed by atoms with E-state index in [9.17, 15) is 5.11 Å². The van der Waals surface area contributed by atoms with Crippen molar-refractivity contribution in [2.45, 2.75) is 17.8 Å². The Hall–Kier alpha value is -4.88. The predicted octanol–water partition coefficient (Wildman–Crippen LogP) is 9.01. The number of aromatic hydroxyl groups is 1. The van der Waals surface area contributed by atoms with E-state index in [1.807, 2.05) is 13.0 Å². The van der Waals surface area contributed by atoms with Crippen molar-refractivity contribution in [3.63, 3.8) is 0 Å². The van der Waals surface area contributed by atoms with E-state index in [0.717, 1.165) is 27.8 Å². The Labute approximate surface area is 235 Å². The first kappa shape index (κ1) is 23.0. The largest absolute Gasteiger partial charge is 0.508 e. The zero-order chi connectivity index (χ0) is 27.2. The summed E-state index contributed by atoms with van der Waals surface area (Å²) in [7, 11) is 0. The van der Waals surface area contributed by atoms with Crippen molar-refractivity contribution < 1.29 is 5.11 Å². The normalized spacial score (nSPS) is 18.6. The summed E-state index contributed by atoms with van der Waals surface area (Å²) in [4.78, 5) is 0. The third kappa shape index (κ3) is 2.37. The summed E-state index contributed by atoms with van der Waals surface area (Å²) in [6.07, 6.45) is 4.13. The van der Waals surface area contributed by atoms with Gasteiger partial charge >= 0.3 is 0 Å². The van der Waals surface area contributed by atoms with Crippen molar-refractivity contribution in [3.05, 3.63) is 185 Å². The summed E-state index contributed by atoms with van der Waals surface area (Å²) in [6.45, 7) is 11.0. The van der Waals surface area contributed by atoms with Crippen LogP contribution in [0.15, 0.2) is 146 Å². The fourth-order valence-corrected chi connectivity index (χ4v) is 8.29. The molecule has 1 nitrogen and oxygen atoms in total. The lowest BCUT2D eigenvalue weighted by Gasteiger charge is -2.49. The number of hydrogen-bond acceptors (Lipinski definition) is 1. The third-order valence-electron chi connectivity index (χ3n) is 9.63. The number of allylic oxidation sites excluding steroid dienone is 4. The van der Waals surface area contributed by atoms with Gasteiger partial charge < -0.3 is 5.11 Å². The van der Waals surface area contributed by atoms with E-state index < -0.39 is 10.8 Å². The Morgan fingerprint density at radius 1 is 0.500 bits per heavy atom. The molecule has 0 bridgehead atoms. The molecule has 0 radical (unpaired) electrons. The second-order valence-electron chi connectivity index (χ2n) is 11.1. The maximum Gasteiger partial charge on any atom is 0.119 e. The maximum absolute atomic E-state index is 10.8. The molecule has 0 amide bonds. The summed E-state index contributed by atoms with van der Waals surface area (Å²) >= 11 is 0. The minimum Gasteiger partial charge on any atom is -0.508 e. The summed E-state index contributed by atoms with van der Waals surface area (Å²) in [5.74, 6) is 0.317. The molecule has 0 aromatic heterocycles. The zero-order valence-electron chi connectivity index (χ0n) is 22.4. The molecule has 3 aliphatic rings. The lowest BCUT2D eigenvalue weighted by atomic mass is 9.52. The van der Waals surface area contributed by atoms with Crippen LogP contribution in [0.2, 0.25) is 0 Å². The van der Waals surface area contributed by atoms with Crippen LogP contribution in [0.25, 0.3) is 22.3 Å². The Morgan fingerprint density at radius 2 is 0.900 bits per heavy atom. The molecule has 1 N–H and O–H groups in total. The van der Waals surface area contributed by atoms with E-state index in [1.54, 1.807) is 0 Å². The average molecular weight is 513 g/mol. The summed E-state index contributed by atoms with van der Waals surface area (Å²) in [6, 6.07) is 39.2. The van der Waals surface area contributed by atoms with E-state index in [2.05, 4.69) is 128 Å². The minimum atomic E-state index is -0.593. The molecule has 1 atom stereocenters. The van der Waals surface area contributed by atoms with E-state index in [-0.39, 0.29) is 0 Å². The first-order valence-electron chi connectivity index (χ1n) is 13.8. The van der Waals surface area contributed by atoms with E-state index in [4.69, 9.17) is 0 Å². The smallest absolute Gasteiger partial charge is 0.119 e. The van der Waals surface area contributed by atoms with Crippen LogP contribution in [-0.4, -0.2) is 5.11 Å². The first-order valence-corrected chi connectivity index (χ1v) is 13.8. The highest BCUT2D eigenvalue weighted by Gasteiger charge is 2.58. The lowest BCUT2D eigenvalue weighted by molar-refractivity contribution is 0.471. The lowest BCUT2D eigenvalue weighted by Crippen LogP contribution is -2.43. The molecule has 0 saturated heterocycles. The Kier molecular flexibility index (Phi) is 4.51. The van der Waals surface area contributed by atoms with Gasteiger partial charge in [-0.25, -0.2) is 0 Å². The van der Waals surface area contributed by atoms with Gasteiger partial charge in [0.2, 0.25) is 0 Å². The highest BCUT2D eigenvalue weighted by molar-refractivity contribution is 5.95. The molecular formula is C39H28O. The van der Waals surface area contributed by atoms with Gasteiger partial charge in [-0.1, -0.05) is 128 Å². The number of benzene rings is 5. The van der Waals surface area contributed by atoms with Crippen LogP contribution in [-0.2, 0) is 10.8 Å². The number of rotatable bonds is 2. The fraction of sp³-hybridized carbons (Fsp3) is 0.0769. The number of phenols is 1. The molecule has 8 rings (SSSR count). The molecule has 0 saturated carbocycles. The van der Waals surface area contributed by atoms with Crippen LogP contribution in [0, 0.1) is 6.92 Å². The SMILES string of the molecule is C=CC1=C(C=C)C2(c3ccccc3-c3c2ccc(O)c3C)c2ccccc2C12c1ccccc1-c1ccccc12. The summed E-state index contributed by atoms with van der Waals surface area (Å²) in [5, 5.41) is 10.8. The zero-order valence-corrected chi connectivity index (χ0v) is 22.4. The van der Waals surface area contributed by atoms with Crippen molar-refractivity contribution in [2.75, 3.05) is 0 Å². The molecule has 0 aliphatic heterocycles. The van der Waals surface area contributed by atoms with Crippen LogP contribution >= 0.6 is 0 Å². The first-order chi connectivity index (χ1) is 19.6.